The van der Waals surface area contributed by atoms with E-state index >= 15 is 0 Å². The number of carbonyl (C=O) groups excluding carboxylic acids is 3. The highest BCUT2D eigenvalue weighted by atomic mass is 16.5. The fraction of sp³-hybridized carbons (Fsp3) is 0.344. The molecular weight excluding hydrogens is 508 g/mol. The standard InChI is InChI=1S/C32H38N2O6/c1-22(2)17-27(33-23(3)35)31(36)34-28(32(37)38-4)18-26-15-16-29(39-20-24-11-7-5-8-12-24)30(19-26)40-21-25-13-9-6-10-14-25/h5-16,19,22,27-28H,17-18,20-21H2,1-4H3,(H,33,35)(H,34,36)/t27-,28+/m0/s1. The van der Waals surface area contributed by atoms with Gasteiger partial charge in [0.1, 0.15) is 25.3 Å². The summed E-state index contributed by atoms with van der Waals surface area (Å²) in [5.74, 6) is -0.111. The summed E-state index contributed by atoms with van der Waals surface area (Å²) < 4.78 is 17.2. The Kier molecular flexibility index (Phi) is 11.6. The van der Waals surface area contributed by atoms with Crippen LogP contribution in [0.1, 0.15) is 43.9 Å². The number of rotatable bonds is 14. The van der Waals surface area contributed by atoms with Crippen LogP contribution in [0.25, 0.3) is 0 Å². The predicted molar refractivity (Wildman–Crippen MR) is 153 cm³/mol. The van der Waals surface area contributed by atoms with Crippen LogP contribution < -0.4 is 20.1 Å². The topological polar surface area (TPSA) is 103 Å². The maximum atomic E-state index is 13.1. The quantitative estimate of drug-likeness (QED) is 0.287. The minimum atomic E-state index is -0.959. The second-order valence-corrected chi connectivity index (χ2v) is 10.0. The summed E-state index contributed by atoms with van der Waals surface area (Å²) in [5, 5.41) is 5.44. The Morgan fingerprint density at radius 2 is 1.30 bits per heavy atom. The van der Waals surface area contributed by atoms with Gasteiger partial charge in [-0.3, -0.25) is 9.59 Å². The third-order valence-corrected chi connectivity index (χ3v) is 6.13. The van der Waals surface area contributed by atoms with Crippen LogP contribution in [-0.2, 0) is 38.8 Å². The van der Waals surface area contributed by atoms with Crippen LogP contribution in [0.4, 0.5) is 0 Å². The van der Waals surface area contributed by atoms with Gasteiger partial charge in [0, 0.05) is 13.3 Å². The van der Waals surface area contributed by atoms with Crippen molar-refractivity contribution in [2.45, 2.75) is 58.9 Å². The molecule has 3 aromatic carbocycles. The molecular formula is C32H38N2O6. The molecule has 0 aliphatic carbocycles. The molecule has 3 rings (SSSR count). The van der Waals surface area contributed by atoms with Gasteiger partial charge in [0.05, 0.1) is 7.11 Å². The number of methoxy groups -OCH3 is 1. The molecule has 0 radical (unpaired) electrons. The molecule has 8 heteroatoms. The van der Waals surface area contributed by atoms with Gasteiger partial charge in [-0.15, -0.1) is 0 Å². The van der Waals surface area contributed by atoms with E-state index in [4.69, 9.17) is 14.2 Å². The van der Waals surface area contributed by atoms with Crippen molar-refractivity contribution < 1.29 is 28.6 Å². The van der Waals surface area contributed by atoms with Crippen molar-refractivity contribution >= 4 is 17.8 Å². The molecule has 0 fully saturated rings. The zero-order valence-electron chi connectivity index (χ0n) is 23.5. The summed E-state index contributed by atoms with van der Waals surface area (Å²) in [7, 11) is 1.27. The lowest BCUT2D eigenvalue weighted by Gasteiger charge is -2.23. The Morgan fingerprint density at radius 1 is 0.725 bits per heavy atom. The molecule has 0 aliphatic rings. The Labute approximate surface area is 236 Å². The van der Waals surface area contributed by atoms with Crippen molar-refractivity contribution in [1.82, 2.24) is 10.6 Å². The van der Waals surface area contributed by atoms with E-state index in [-0.39, 0.29) is 18.2 Å². The fourth-order valence-electron chi connectivity index (χ4n) is 4.17. The van der Waals surface area contributed by atoms with E-state index in [1.165, 1.54) is 14.0 Å². The molecule has 0 aliphatic heterocycles. The van der Waals surface area contributed by atoms with Crippen molar-refractivity contribution in [2.75, 3.05) is 7.11 Å². The van der Waals surface area contributed by atoms with Gasteiger partial charge in [-0.2, -0.15) is 0 Å². The molecule has 0 saturated carbocycles. The fourth-order valence-corrected chi connectivity index (χ4v) is 4.17. The number of amides is 2. The Balaban J connectivity index is 1.81. The molecule has 2 amide bonds. The lowest BCUT2D eigenvalue weighted by Crippen LogP contribution is -2.52. The van der Waals surface area contributed by atoms with E-state index in [1.807, 2.05) is 86.6 Å². The van der Waals surface area contributed by atoms with Gasteiger partial charge < -0.3 is 24.8 Å². The number of carbonyl (C=O) groups is 3. The molecule has 8 nitrogen and oxygen atoms in total. The molecule has 2 N–H and O–H groups in total. The molecule has 2 atom stereocenters. The van der Waals surface area contributed by atoms with Crippen molar-refractivity contribution in [1.29, 1.82) is 0 Å². The first-order chi connectivity index (χ1) is 19.2. The highest BCUT2D eigenvalue weighted by Gasteiger charge is 2.28. The number of ether oxygens (including phenoxy) is 3. The summed E-state index contributed by atoms with van der Waals surface area (Å²) in [6.07, 6.45) is 0.595. The third kappa shape index (κ3) is 9.76. The summed E-state index contributed by atoms with van der Waals surface area (Å²) >= 11 is 0. The first kappa shape index (κ1) is 30.2. The number of esters is 1. The number of benzene rings is 3. The van der Waals surface area contributed by atoms with Gasteiger partial charge in [0.15, 0.2) is 11.5 Å². The second-order valence-electron chi connectivity index (χ2n) is 10.0. The smallest absolute Gasteiger partial charge is 0.328 e. The maximum absolute atomic E-state index is 13.1. The Bertz CT molecular complexity index is 1250. The average Bonchev–Trinajstić information content (AvgIpc) is 2.95. The highest BCUT2D eigenvalue weighted by molar-refractivity contribution is 5.90. The van der Waals surface area contributed by atoms with Crippen molar-refractivity contribution in [3.05, 3.63) is 95.6 Å². The van der Waals surface area contributed by atoms with Crippen LogP contribution >= 0.6 is 0 Å². The molecule has 212 valence electrons. The highest BCUT2D eigenvalue weighted by Crippen LogP contribution is 2.31. The van der Waals surface area contributed by atoms with Gasteiger partial charge in [0.25, 0.3) is 0 Å². The first-order valence-electron chi connectivity index (χ1n) is 13.4. The molecule has 0 heterocycles. The van der Waals surface area contributed by atoms with Crippen molar-refractivity contribution in [3.63, 3.8) is 0 Å². The van der Waals surface area contributed by atoms with E-state index < -0.39 is 24.0 Å². The second kappa shape index (κ2) is 15.3. The number of hydrogen-bond donors (Lipinski definition) is 2. The molecule has 3 aromatic rings. The number of hydrogen-bond acceptors (Lipinski definition) is 6. The summed E-state index contributed by atoms with van der Waals surface area (Å²) in [6.45, 7) is 5.97. The van der Waals surface area contributed by atoms with Crippen molar-refractivity contribution in [3.8, 4) is 11.5 Å². The molecule has 0 bridgehead atoms. The van der Waals surface area contributed by atoms with Crippen molar-refractivity contribution in [2.24, 2.45) is 5.92 Å². The van der Waals surface area contributed by atoms with Gasteiger partial charge >= 0.3 is 5.97 Å². The van der Waals surface area contributed by atoms with E-state index in [2.05, 4.69) is 10.6 Å². The zero-order chi connectivity index (χ0) is 28.9. The van der Waals surface area contributed by atoms with Gasteiger partial charge in [-0.05, 0) is 41.2 Å². The lowest BCUT2D eigenvalue weighted by molar-refractivity contribution is -0.145. The van der Waals surface area contributed by atoms with Crippen LogP contribution in [0.15, 0.2) is 78.9 Å². The third-order valence-electron chi connectivity index (χ3n) is 6.13. The predicted octanol–water partition coefficient (Wildman–Crippen LogP) is 4.60. The zero-order valence-corrected chi connectivity index (χ0v) is 23.5. The molecule has 40 heavy (non-hydrogen) atoms. The van der Waals surface area contributed by atoms with E-state index in [1.54, 1.807) is 6.07 Å². The summed E-state index contributed by atoms with van der Waals surface area (Å²) in [6, 6.07) is 23.3. The van der Waals surface area contributed by atoms with E-state index in [0.717, 1.165) is 16.7 Å². The van der Waals surface area contributed by atoms with Gasteiger partial charge in [0.2, 0.25) is 11.8 Å². The van der Waals surface area contributed by atoms with E-state index in [9.17, 15) is 14.4 Å². The largest absolute Gasteiger partial charge is 0.485 e. The van der Waals surface area contributed by atoms with Crippen LogP contribution in [0, 0.1) is 5.92 Å². The normalized spacial score (nSPS) is 12.2. The monoisotopic (exact) mass is 546 g/mol. The summed E-state index contributed by atoms with van der Waals surface area (Å²) in [5.41, 5.74) is 2.76. The molecule has 0 spiro atoms. The van der Waals surface area contributed by atoms with Gasteiger partial charge in [-0.25, -0.2) is 4.79 Å². The van der Waals surface area contributed by atoms with Crippen LogP contribution in [-0.4, -0.2) is 37.0 Å². The molecule has 0 aromatic heterocycles. The van der Waals surface area contributed by atoms with Crippen LogP contribution in [0.5, 0.6) is 11.5 Å². The average molecular weight is 547 g/mol. The minimum absolute atomic E-state index is 0.159. The molecule has 0 saturated heterocycles. The van der Waals surface area contributed by atoms with Crippen LogP contribution in [0.2, 0.25) is 0 Å². The lowest BCUT2D eigenvalue weighted by atomic mass is 10.0. The van der Waals surface area contributed by atoms with Gasteiger partial charge in [-0.1, -0.05) is 80.6 Å². The van der Waals surface area contributed by atoms with Crippen LogP contribution in [0.3, 0.4) is 0 Å². The Morgan fingerprint density at radius 3 is 1.82 bits per heavy atom. The number of nitrogens with one attached hydrogen (secondary N) is 2. The SMILES string of the molecule is COC(=O)[C@@H](Cc1ccc(OCc2ccccc2)c(OCc2ccccc2)c1)NC(=O)[C@H](CC(C)C)NC(C)=O. The minimum Gasteiger partial charge on any atom is -0.485 e. The van der Waals surface area contributed by atoms with E-state index in [0.29, 0.717) is 31.1 Å². The Hall–Kier alpha value is -4.33. The summed E-state index contributed by atoms with van der Waals surface area (Å²) in [4.78, 5) is 37.4. The first-order valence-corrected chi connectivity index (χ1v) is 13.4. The maximum Gasteiger partial charge on any atom is 0.328 e. The molecule has 0 unspecified atom stereocenters.